The van der Waals surface area contributed by atoms with Crippen molar-refractivity contribution in [1.82, 2.24) is 15.6 Å². The Morgan fingerprint density at radius 3 is 2.56 bits per heavy atom. The van der Waals surface area contributed by atoms with Gasteiger partial charge in [0.05, 0.1) is 12.9 Å². The quantitative estimate of drug-likeness (QED) is 0.268. The van der Waals surface area contributed by atoms with Crippen LogP contribution in [0.5, 0.6) is 5.75 Å². The highest BCUT2D eigenvalue weighted by Crippen LogP contribution is 2.22. The fraction of sp³-hybridized carbons (Fsp3) is 0.241. The maximum absolute atomic E-state index is 13.1. The van der Waals surface area contributed by atoms with Crippen molar-refractivity contribution in [2.75, 3.05) is 13.2 Å². The summed E-state index contributed by atoms with van der Waals surface area (Å²) in [5.74, 6) is 0.767. The summed E-state index contributed by atoms with van der Waals surface area (Å²) in [5.41, 5.74) is 3.82. The molecule has 7 heteroatoms. The van der Waals surface area contributed by atoms with Gasteiger partial charge < -0.3 is 24.8 Å². The molecule has 4 aromatic rings. The van der Waals surface area contributed by atoms with E-state index in [0.29, 0.717) is 42.6 Å². The predicted molar refractivity (Wildman–Crippen MR) is 141 cm³/mol. The van der Waals surface area contributed by atoms with Crippen LogP contribution < -0.4 is 15.4 Å². The van der Waals surface area contributed by atoms with Gasteiger partial charge in [-0.1, -0.05) is 32.0 Å². The Bertz CT molecular complexity index is 1350. The number of aryl methyl sites for hydroxylation is 1. The van der Waals surface area contributed by atoms with Gasteiger partial charge in [0, 0.05) is 34.8 Å². The van der Waals surface area contributed by atoms with Crippen molar-refractivity contribution in [3.05, 3.63) is 95.2 Å². The van der Waals surface area contributed by atoms with Crippen molar-refractivity contribution in [2.24, 2.45) is 5.92 Å². The summed E-state index contributed by atoms with van der Waals surface area (Å²) in [6, 6.07) is 18.4. The first-order valence-electron chi connectivity index (χ1n) is 12.0. The standard InChI is InChI=1S/C29H31N3O4/c1-19(2)18-36-22-12-10-21(11-13-22)28(33)32-27(17-23-7-6-16-35-23)29(34)30-15-14-24-20(3)31-26-9-5-4-8-25(24)26/h4-13,16-17,19,31H,14-15,18H2,1-3H3,(H,30,34)(H,32,33). The van der Waals surface area contributed by atoms with Crippen LogP contribution in [0.2, 0.25) is 0 Å². The SMILES string of the molecule is Cc1[nH]c2ccccc2c1CCNC(=O)C(=Cc1ccco1)NC(=O)c1ccc(OCC(C)C)cc1. The minimum absolute atomic E-state index is 0.103. The molecule has 7 nitrogen and oxygen atoms in total. The molecule has 186 valence electrons. The highest BCUT2D eigenvalue weighted by atomic mass is 16.5. The minimum Gasteiger partial charge on any atom is -0.493 e. The number of hydrogen-bond acceptors (Lipinski definition) is 4. The van der Waals surface area contributed by atoms with Gasteiger partial charge in [0.1, 0.15) is 17.2 Å². The first-order valence-corrected chi connectivity index (χ1v) is 12.0. The predicted octanol–water partition coefficient (Wildman–Crippen LogP) is 5.23. The summed E-state index contributed by atoms with van der Waals surface area (Å²) in [6.45, 7) is 7.18. The van der Waals surface area contributed by atoms with E-state index in [1.54, 1.807) is 36.4 Å². The number of aromatic amines is 1. The van der Waals surface area contributed by atoms with Crippen LogP contribution in [0, 0.1) is 12.8 Å². The normalized spacial score (nSPS) is 11.6. The molecule has 2 aromatic heterocycles. The Hall–Kier alpha value is -4.26. The Labute approximate surface area is 210 Å². The molecule has 0 fully saturated rings. The van der Waals surface area contributed by atoms with Gasteiger partial charge in [-0.2, -0.15) is 0 Å². The number of amides is 2. The van der Waals surface area contributed by atoms with E-state index >= 15 is 0 Å². The third-order valence-corrected chi connectivity index (χ3v) is 5.71. The van der Waals surface area contributed by atoms with Gasteiger partial charge in [-0.25, -0.2) is 0 Å². The van der Waals surface area contributed by atoms with Crippen LogP contribution in [-0.4, -0.2) is 29.9 Å². The van der Waals surface area contributed by atoms with Gasteiger partial charge in [-0.05, 0) is 67.3 Å². The monoisotopic (exact) mass is 485 g/mol. The maximum atomic E-state index is 13.1. The second-order valence-corrected chi connectivity index (χ2v) is 9.04. The summed E-state index contributed by atoms with van der Waals surface area (Å²) < 4.78 is 11.0. The summed E-state index contributed by atoms with van der Waals surface area (Å²) >= 11 is 0. The van der Waals surface area contributed by atoms with Crippen LogP contribution in [-0.2, 0) is 11.2 Å². The minimum atomic E-state index is -0.397. The Kier molecular flexibility index (Phi) is 7.90. The Balaban J connectivity index is 1.43. The van der Waals surface area contributed by atoms with E-state index in [4.69, 9.17) is 9.15 Å². The molecule has 0 atom stereocenters. The highest BCUT2D eigenvalue weighted by molar-refractivity contribution is 6.05. The number of carbonyl (C=O) groups excluding carboxylic acids is 2. The molecule has 0 bridgehead atoms. The molecule has 2 aromatic carbocycles. The second kappa shape index (κ2) is 11.4. The second-order valence-electron chi connectivity index (χ2n) is 9.04. The number of H-pyrrole nitrogens is 1. The van der Waals surface area contributed by atoms with Gasteiger partial charge in [-0.3, -0.25) is 9.59 Å². The third kappa shape index (κ3) is 6.24. The number of nitrogens with one attached hydrogen (secondary N) is 3. The van der Waals surface area contributed by atoms with Gasteiger partial charge >= 0.3 is 0 Å². The molecule has 2 heterocycles. The van der Waals surface area contributed by atoms with Crippen LogP contribution in [0.4, 0.5) is 0 Å². The summed E-state index contributed by atoms with van der Waals surface area (Å²) in [6.07, 6.45) is 3.69. The number of para-hydroxylation sites is 1. The van der Waals surface area contributed by atoms with Crippen LogP contribution in [0.3, 0.4) is 0 Å². The average Bonchev–Trinajstić information content (AvgIpc) is 3.50. The summed E-state index contributed by atoms with van der Waals surface area (Å²) in [7, 11) is 0. The molecule has 0 spiro atoms. The number of rotatable bonds is 10. The fourth-order valence-electron chi connectivity index (χ4n) is 3.89. The molecule has 0 saturated heterocycles. The highest BCUT2D eigenvalue weighted by Gasteiger charge is 2.16. The molecule has 0 aliphatic rings. The lowest BCUT2D eigenvalue weighted by molar-refractivity contribution is -0.117. The fourth-order valence-corrected chi connectivity index (χ4v) is 3.89. The van der Waals surface area contributed by atoms with Gasteiger partial charge in [-0.15, -0.1) is 0 Å². The van der Waals surface area contributed by atoms with Crippen LogP contribution in [0.15, 0.2) is 77.0 Å². The molecule has 0 aliphatic heterocycles. The number of carbonyl (C=O) groups is 2. The smallest absolute Gasteiger partial charge is 0.267 e. The van der Waals surface area contributed by atoms with Crippen LogP contribution in [0.25, 0.3) is 17.0 Å². The Morgan fingerprint density at radius 2 is 1.83 bits per heavy atom. The topological polar surface area (TPSA) is 96.4 Å². The molecule has 3 N–H and O–H groups in total. The lowest BCUT2D eigenvalue weighted by atomic mass is 10.1. The molecule has 2 amide bonds. The molecular formula is C29H31N3O4. The summed E-state index contributed by atoms with van der Waals surface area (Å²) in [4.78, 5) is 29.3. The van der Waals surface area contributed by atoms with E-state index in [2.05, 4.69) is 35.5 Å². The number of hydrogen-bond donors (Lipinski definition) is 3. The van der Waals surface area contributed by atoms with E-state index in [1.807, 2.05) is 25.1 Å². The first kappa shape index (κ1) is 24.9. The maximum Gasteiger partial charge on any atom is 0.267 e. The zero-order valence-corrected chi connectivity index (χ0v) is 20.8. The van der Waals surface area contributed by atoms with E-state index in [1.165, 1.54) is 12.3 Å². The average molecular weight is 486 g/mol. The van der Waals surface area contributed by atoms with Crippen LogP contribution >= 0.6 is 0 Å². The van der Waals surface area contributed by atoms with E-state index in [0.717, 1.165) is 22.2 Å². The first-order chi connectivity index (χ1) is 17.4. The largest absolute Gasteiger partial charge is 0.493 e. The van der Waals surface area contributed by atoms with Crippen LogP contribution in [0.1, 0.15) is 41.2 Å². The van der Waals surface area contributed by atoms with Gasteiger partial charge in [0.25, 0.3) is 11.8 Å². The number of fused-ring (bicyclic) bond motifs is 1. The van der Waals surface area contributed by atoms with Gasteiger partial charge in [0.15, 0.2) is 0 Å². The Morgan fingerprint density at radius 1 is 1.06 bits per heavy atom. The molecule has 0 saturated carbocycles. The van der Waals surface area contributed by atoms with Crippen molar-refractivity contribution < 1.29 is 18.7 Å². The molecule has 36 heavy (non-hydrogen) atoms. The molecular weight excluding hydrogens is 454 g/mol. The molecule has 0 radical (unpaired) electrons. The van der Waals surface area contributed by atoms with Crippen molar-refractivity contribution in [3.8, 4) is 5.75 Å². The lowest BCUT2D eigenvalue weighted by Crippen LogP contribution is -2.35. The third-order valence-electron chi connectivity index (χ3n) is 5.71. The molecule has 4 rings (SSSR count). The number of benzene rings is 2. The number of aromatic nitrogens is 1. The summed E-state index contributed by atoms with van der Waals surface area (Å²) in [5, 5.41) is 6.79. The molecule has 0 aliphatic carbocycles. The van der Waals surface area contributed by atoms with E-state index < -0.39 is 11.8 Å². The molecule has 0 unspecified atom stereocenters. The van der Waals surface area contributed by atoms with Crippen molar-refractivity contribution in [3.63, 3.8) is 0 Å². The van der Waals surface area contributed by atoms with E-state index in [-0.39, 0.29) is 5.70 Å². The zero-order chi connectivity index (χ0) is 25.5. The van der Waals surface area contributed by atoms with E-state index in [9.17, 15) is 9.59 Å². The van der Waals surface area contributed by atoms with Crippen molar-refractivity contribution >= 4 is 28.8 Å². The zero-order valence-electron chi connectivity index (χ0n) is 20.8. The lowest BCUT2D eigenvalue weighted by Gasteiger charge is -2.12. The van der Waals surface area contributed by atoms with Gasteiger partial charge in [0.2, 0.25) is 0 Å². The van der Waals surface area contributed by atoms with Crippen molar-refractivity contribution in [1.29, 1.82) is 0 Å². The van der Waals surface area contributed by atoms with Crippen molar-refractivity contribution in [2.45, 2.75) is 27.2 Å². The number of furan rings is 1. The number of ether oxygens (including phenoxy) is 1.